The number of likely N-dealkylation sites (tertiary alicyclic amines) is 2. The molecule has 0 amide bonds. The molecule has 0 N–H and O–H groups in total. The maximum atomic E-state index is 2.58. The zero-order valence-corrected chi connectivity index (χ0v) is 17.0. The van der Waals surface area contributed by atoms with Crippen LogP contribution in [0.3, 0.4) is 0 Å². The lowest BCUT2D eigenvalue weighted by Gasteiger charge is -2.38. The van der Waals surface area contributed by atoms with Crippen LogP contribution in [0.1, 0.15) is 47.0 Å². The molecule has 0 aromatic rings. The quantitative estimate of drug-likeness (QED) is 0.787. The van der Waals surface area contributed by atoms with Crippen LogP contribution in [0.5, 0.6) is 0 Å². The molecule has 0 aromatic carbocycles. The molecule has 4 nitrogen and oxygen atoms in total. The van der Waals surface area contributed by atoms with Gasteiger partial charge in [0, 0.05) is 43.8 Å². The van der Waals surface area contributed by atoms with Gasteiger partial charge in [-0.25, -0.2) is 0 Å². The Labute approximate surface area is 145 Å². The van der Waals surface area contributed by atoms with Gasteiger partial charge in [-0.3, -0.25) is 9.80 Å². The lowest BCUT2D eigenvalue weighted by atomic mass is 10.0. The molecule has 138 valence electrons. The third kappa shape index (κ3) is 7.08. The minimum atomic E-state index is 0.716. The van der Waals surface area contributed by atoms with Crippen molar-refractivity contribution in [3.8, 4) is 0 Å². The monoisotopic (exact) mass is 326 g/mol. The number of hydrogen-bond donors (Lipinski definition) is 0. The molecular formula is C19H42N4. The number of hydrogen-bond acceptors (Lipinski definition) is 4. The van der Waals surface area contributed by atoms with Gasteiger partial charge in [-0.15, -0.1) is 0 Å². The Hall–Kier alpha value is -0.160. The zero-order valence-electron chi connectivity index (χ0n) is 17.0. The van der Waals surface area contributed by atoms with Gasteiger partial charge in [0.15, 0.2) is 0 Å². The van der Waals surface area contributed by atoms with Crippen molar-refractivity contribution in [2.45, 2.75) is 71.1 Å². The summed E-state index contributed by atoms with van der Waals surface area (Å²) in [6.07, 6.45) is 4.07. The molecule has 0 spiro atoms. The van der Waals surface area contributed by atoms with Gasteiger partial charge in [-0.05, 0) is 81.7 Å². The van der Waals surface area contributed by atoms with E-state index >= 15 is 0 Å². The Morgan fingerprint density at radius 2 is 1.13 bits per heavy atom. The van der Waals surface area contributed by atoms with Crippen LogP contribution in [0.25, 0.3) is 0 Å². The first-order chi connectivity index (χ1) is 10.7. The van der Waals surface area contributed by atoms with Crippen LogP contribution in [0, 0.1) is 0 Å². The minimum absolute atomic E-state index is 0.716. The Bertz CT molecular complexity index is 286. The summed E-state index contributed by atoms with van der Waals surface area (Å²) in [7, 11) is 8.73. The van der Waals surface area contributed by atoms with Crippen molar-refractivity contribution in [1.29, 1.82) is 0 Å². The summed E-state index contributed by atoms with van der Waals surface area (Å²) in [6, 6.07) is 3.01. The highest BCUT2D eigenvalue weighted by Crippen LogP contribution is 2.16. The standard InChI is InChI=1S/C10H22N2.C9H20N2/c1-9(2)12-7-5-6-10(8-12)11(3)4;1-8(2)11-6-5-9(7-11)10(3)4/h9-10H,5-8H2,1-4H3;8-9H,5-7H2,1-4H3/t10-;9-/m00/s1. The lowest BCUT2D eigenvalue weighted by Crippen LogP contribution is -2.47. The summed E-state index contributed by atoms with van der Waals surface area (Å²) >= 11 is 0. The molecule has 2 atom stereocenters. The van der Waals surface area contributed by atoms with E-state index in [4.69, 9.17) is 0 Å². The van der Waals surface area contributed by atoms with Crippen LogP contribution >= 0.6 is 0 Å². The molecule has 4 heteroatoms. The van der Waals surface area contributed by atoms with Gasteiger partial charge >= 0.3 is 0 Å². The molecule has 2 rings (SSSR count). The second kappa shape index (κ2) is 9.97. The maximum absolute atomic E-state index is 2.58. The van der Waals surface area contributed by atoms with E-state index in [0.717, 1.165) is 18.1 Å². The Morgan fingerprint density at radius 1 is 0.696 bits per heavy atom. The fraction of sp³-hybridized carbons (Fsp3) is 1.00. The van der Waals surface area contributed by atoms with E-state index in [1.807, 2.05) is 0 Å². The van der Waals surface area contributed by atoms with Crippen molar-refractivity contribution in [2.75, 3.05) is 54.4 Å². The van der Waals surface area contributed by atoms with Gasteiger partial charge in [-0.1, -0.05) is 0 Å². The summed E-state index contributed by atoms with van der Waals surface area (Å²) in [5.41, 5.74) is 0. The predicted octanol–water partition coefficient (Wildman–Crippen LogP) is 2.45. The van der Waals surface area contributed by atoms with Crippen LogP contribution in [-0.4, -0.2) is 98.1 Å². The highest BCUT2D eigenvalue weighted by Gasteiger charge is 2.25. The molecule has 0 aromatic heterocycles. The number of nitrogens with zero attached hydrogens (tertiary/aromatic N) is 4. The van der Waals surface area contributed by atoms with Crippen molar-refractivity contribution >= 4 is 0 Å². The topological polar surface area (TPSA) is 13.0 Å². The molecule has 2 heterocycles. The molecule has 2 fully saturated rings. The first-order valence-corrected chi connectivity index (χ1v) is 9.53. The Morgan fingerprint density at radius 3 is 1.48 bits per heavy atom. The molecule has 2 saturated heterocycles. The van der Waals surface area contributed by atoms with Crippen molar-refractivity contribution in [1.82, 2.24) is 19.6 Å². The van der Waals surface area contributed by atoms with E-state index in [2.05, 4.69) is 75.5 Å². The van der Waals surface area contributed by atoms with Crippen molar-refractivity contribution in [2.24, 2.45) is 0 Å². The Kier molecular flexibility index (Phi) is 9.06. The molecule has 0 bridgehead atoms. The van der Waals surface area contributed by atoms with E-state index in [9.17, 15) is 0 Å². The summed E-state index contributed by atoms with van der Waals surface area (Å²) in [5, 5.41) is 0. The summed E-state index contributed by atoms with van der Waals surface area (Å²) < 4.78 is 0. The number of rotatable bonds is 4. The third-order valence-corrected chi connectivity index (χ3v) is 5.54. The fourth-order valence-electron chi connectivity index (χ4n) is 3.53. The molecule has 2 aliphatic heterocycles. The molecule has 0 unspecified atom stereocenters. The fourth-order valence-corrected chi connectivity index (χ4v) is 3.53. The van der Waals surface area contributed by atoms with Gasteiger partial charge < -0.3 is 9.80 Å². The van der Waals surface area contributed by atoms with Crippen LogP contribution in [-0.2, 0) is 0 Å². The molecule has 0 saturated carbocycles. The van der Waals surface area contributed by atoms with Crippen LogP contribution < -0.4 is 0 Å². The summed E-state index contributed by atoms with van der Waals surface area (Å²) in [6.45, 7) is 14.2. The predicted molar refractivity (Wildman–Crippen MR) is 102 cm³/mol. The molecule has 0 aliphatic carbocycles. The normalized spacial score (nSPS) is 27.1. The Balaban J connectivity index is 0.000000231. The van der Waals surface area contributed by atoms with Crippen molar-refractivity contribution < 1.29 is 0 Å². The molecule has 23 heavy (non-hydrogen) atoms. The molecule has 2 aliphatic rings. The van der Waals surface area contributed by atoms with Crippen LogP contribution in [0.4, 0.5) is 0 Å². The molecule has 0 radical (unpaired) electrons. The third-order valence-electron chi connectivity index (χ3n) is 5.54. The second-order valence-corrected chi connectivity index (χ2v) is 8.34. The van der Waals surface area contributed by atoms with Gasteiger partial charge in [-0.2, -0.15) is 0 Å². The van der Waals surface area contributed by atoms with E-state index < -0.39 is 0 Å². The smallest absolute Gasteiger partial charge is 0.0229 e. The first kappa shape index (κ1) is 20.9. The number of likely N-dealkylation sites (N-methyl/N-ethyl adjacent to an activating group) is 2. The van der Waals surface area contributed by atoms with Gasteiger partial charge in [0.25, 0.3) is 0 Å². The minimum Gasteiger partial charge on any atom is -0.305 e. The highest BCUT2D eigenvalue weighted by molar-refractivity contribution is 4.82. The largest absolute Gasteiger partial charge is 0.305 e. The second-order valence-electron chi connectivity index (χ2n) is 8.34. The maximum Gasteiger partial charge on any atom is 0.0229 e. The van der Waals surface area contributed by atoms with Crippen molar-refractivity contribution in [3.05, 3.63) is 0 Å². The van der Waals surface area contributed by atoms with Crippen molar-refractivity contribution in [3.63, 3.8) is 0 Å². The van der Waals surface area contributed by atoms with E-state index in [1.165, 1.54) is 45.4 Å². The van der Waals surface area contributed by atoms with Gasteiger partial charge in [0.05, 0.1) is 0 Å². The van der Waals surface area contributed by atoms with E-state index in [1.54, 1.807) is 0 Å². The zero-order chi connectivity index (χ0) is 17.6. The number of piperidine rings is 1. The average Bonchev–Trinajstić information content (AvgIpc) is 2.98. The van der Waals surface area contributed by atoms with E-state index in [-0.39, 0.29) is 0 Å². The lowest BCUT2D eigenvalue weighted by molar-refractivity contribution is 0.109. The average molecular weight is 327 g/mol. The van der Waals surface area contributed by atoms with Gasteiger partial charge in [0.1, 0.15) is 0 Å². The van der Waals surface area contributed by atoms with Gasteiger partial charge in [0.2, 0.25) is 0 Å². The SMILES string of the molecule is CC(C)N1CCC[C@H](N(C)C)C1.CC(C)N1CC[C@H](N(C)C)C1. The summed E-state index contributed by atoms with van der Waals surface area (Å²) in [4.78, 5) is 9.82. The summed E-state index contributed by atoms with van der Waals surface area (Å²) in [5.74, 6) is 0. The highest BCUT2D eigenvalue weighted by atomic mass is 15.2. The van der Waals surface area contributed by atoms with Crippen LogP contribution in [0.15, 0.2) is 0 Å². The first-order valence-electron chi connectivity index (χ1n) is 9.53. The molecular weight excluding hydrogens is 284 g/mol. The van der Waals surface area contributed by atoms with E-state index in [0.29, 0.717) is 6.04 Å². The van der Waals surface area contributed by atoms with Crippen LogP contribution in [0.2, 0.25) is 0 Å².